The van der Waals surface area contributed by atoms with E-state index in [4.69, 9.17) is 5.11 Å². The van der Waals surface area contributed by atoms with E-state index >= 15 is 0 Å². The number of rotatable bonds is 3. The molecule has 1 aromatic rings. The van der Waals surface area contributed by atoms with E-state index in [1.165, 1.54) is 0 Å². The van der Waals surface area contributed by atoms with Crippen LogP contribution in [0, 0.1) is 0 Å². The van der Waals surface area contributed by atoms with Gasteiger partial charge in [0, 0.05) is 32.4 Å². The summed E-state index contributed by atoms with van der Waals surface area (Å²) in [6.07, 6.45) is 3.29. The SMILES string of the molecule is CN1CCN(C(=O)Cn2cnc(CO)c2)CC1. The molecule has 6 nitrogen and oxygen atoms in total. The number of piperazine rings is 1. The molecule has 1 N–H and O–H groups in total. The van der Waals surface area contributed by atoms with Gasteiger partial charge in [-0.25, -0.2) is 4.98 Å². The summed E-state index contributed by atoms with van der Waals surface area (Å²) in [7, 11) is 2.06. The number of carbonyl (C=O) groups is 1. The minimum absolute atomic E-state index is 0.0876. The first-order valence-electron chi connectivity index (χ1n) is 5.77. The summed E-state index contributed by atoms with van der Waals surface area (Å²) < 4.78 is 1.71. The van der Waals surface area contributed by atoms with Gasteiger partial charge < -0.3 is 19.5 Å². The molecule has 1 fully saturated rings. The zero-order chi connectivity index (χ0) is 12.3. The third kappa shape index (κ3) is 3.04. The fraction of sp³-hybridized carbons (Fsp3) is 0.636. The summed E-state index contributed by atoms with van der Waals surface area (Å²) in [4.78, 5) is 20.0. The maximum Gasteiger partial charge on any atom is 0.242 e. The van der Waals surface area contributed by atoms with E-state index in [-0.39, 0.29) is 12.5 Å². The molecule has 94 valence electrons. The Balaban J connectivity index is 1.88. The van der Waals surface area contributed by atoms with Crippen molar-refractivity contribution in [3.05, 3.63) is 18.2 Å². The van der Waals surface area contributed by atoms with Gasteiger partial charge >= 0.3 is 0 Å². The van der Waals surface area contributed by atoms with Crippen LogP contribution >= 0.6 is 0 Å². The molecule has 1 aromatic heterocycles. The topological polar surface area (TPSA) is 61.6 Å². The Bertz CT molecular complexity index is 383. The Morgan fingerprint density at radius 2 is 2.12 bits per heavy atom. The highest BCUT2D eigenvalue weighted by Gasteiger charge is 2.18. The van der Waals surface area contributed by atoms with Crippen molar-refractivity contribution in [2.24, 2.45) is 0 Å². The molecule has 0 spiro atoms. The van der Waals surface area contributed by atoms with E-state index in [9.17, 15) is 4.79 Å². The molecule has 1 amide bonds. The Morgan fingerprint density at radius 1 is 1.41 bits per heavy atom. The zero-order valence-electron chi connectivity index (χ0n) is 10.0. The van der Waals surface area contributed by atoms with Crippen LogP contribution in [0.3, 0.4) is 0 Å². The maximum absolute atomic E-state index is 12.0. The van der Waals surface area contributed by atoms with Gasteiger partial charge in [-0.1, -0.05) is 0 Å². The van der Waals surface area contributed by atoms with Crippen LogP contribution in [0.5, 0.6) is 0 Å². The molecule has 1 aliphatic heterocycles. The summed E-state index contributed by atoms with van der Waals surface area (Å²) in [5.41, 5.74) is 0.594. The van der Waals surface area contributed by atoms with E-state index < -0.39 is 0 Å². The fourth-order valence-electron chi connectivity index (χ4n) is 1.89. The van der Waals surface area contributed by atoms with Gasteiger partial charge in [0.15, 0.2) is 0 Å². The molecule has 0 radical (unpaired) electrons. The highest BCUT2D eigenvalue weighted by atomic mass is 16.3. The molecule has 2 rings (SSSR count). The monoisotopic (exact) mass is 238 g/mol. The minimum atomic E-state index is -0.0876. The number of hydrogen-bond acceptors (Lipinski definition) is 4. The third-order valence-electron chi connectivity index (χ3n) is 3.02. The summed E-state index contributed by atoms with van der Waals surface area (Å²) >= 11 is 0. The van der Waals surface area contributed by atoms with Crippen LogP contribution in [-0.4, -0.2) is 63.6 Å². The van der Waals surface area contributed by atoms with Crippen molar-refractivity contribution in [2.45, 2.75) is 13.2 Å². The second-order valence-electron chi connectivity index (χ2n) is 4.38. The first kappa shape index (κ1) is 12.1. The molecule has 0 bridgehead atoms. The van der Waals surface area contributed by atoms with Crippen molar-refractivity contribution >= 4 is 5.91 Å². The van der Waals surface area contributed by atoms with Gasteiger partial charge in [-0.15, -0.1) is 0 Å². The molecule has 6 heteroatoms. The van der Waals surface area contributed by atoms with Crippen LogP contribution in [0.25, 0.3) is 0 Å². The van der Waals surface area contributed by atoms with Gasteiger partial charge in [0.2, 0.25) is 5.91 Å². The molecule has 0 atom stereocenters. The minimum Gasteiger partial charge on any atom is -0.390 e. The number of aliphatic hydroxyl groups is 1. The lowest BCUT2D eigenvalue weighted by molar-refractivity contribution is -0.133. The van der Waals surface area contributed by atoms with Crippen LogP contribution < -0.4 is 0 Å². The lowest BCUT2D eigenvalue weighted by Crippen LogP contribution is -2.48. The molecular weight excluding hydrogens is 220 g/mol. The van der Waals surface area contributed by atoms with Gasteiger partial charge in [0.05, 0.1) is 18.6 Å². The quantitative estimate of drug-likeness (QED) is 0.745. The number of amides is 1. The van der Waals surface area contributed by atoms with Crippen molar-refractivity contribution < 1.29 is 9.90 Å². The van der Waals surface area contributed by atoms with E-state index in [0.29, 0.717) is 12.2 Å². The standard InChI is InChI=1S/C11H18N4O2/c1-13-2-4-15(5-3-13)11(17)7-14-6-10(8-16)12-9-14/h6,9,16H,2-5,7-8H2,1H3. The Morgan fingerprint density at radius 3 is 2.71 bits per heavy atom. The van der Waals surface area contributed by atoms with E-state index in [2.05, 4.69) is 16.9 Å². The molecule has 0 aliphatic carbocycles. The number of nitrogens with zero attached hydrogens (tertiary/aromatic N) is 4. The third-order valence-corrected chi connectivity index (χ3v) is 3.02. The van der Waals surface area contributed by atoms with Crippen LogP contribution in [0.15, 0.2) is 12.5 Å². The molecular formula is C11H18N4O2. The molecule has 1 saturated heterocycles. The van der Waals surface area contributed by atoms with Gasteiger partial charge in [-0.05, 0) is 7.05 Å². The average molecular weight is 238 g/mol. The maximum atomic E-state index is 12.0. The average Bonchev–Trinajstić information content (AvgIpc) is 2.77. The van der Waals surface area contributed by atoms with Crippen molar-refractivity contribution in [2.75, 3.05) is 33.2 Å². The predicted molar refractivity (Wildman–Crippen MR) is 62.2 cm³/mol. The van der Waals surface area contributed by atoms with Crippen LogP contribution in [0.2, 0.25) is 0 Å². The fourth-order valence-corrected chi connectivity index (χ4v) is 1.89. The van der Waals surface area contributed by atoms with Gasteiger partial charge in [-0.3, -0.25) is 4.79 Å². The lowest BCUT2D eigenvalue weighted by atomic mass is 10.3. The number of aromatic nitrogens is 2. The number of hydrogen-bond donors (Lipinski definition) is 1. The molecule has 17 heavy (non-hydrogen) atoms. The zero-order valence-corrected chi connectivity index (χ0v) is 10.0. The molecule has 0 unspecified atom stereocenters. The second-order valence-corrected chi connectivity index (χ2v) is 4.38. The highest BCUT2D eigenvalue weighted by molar-refractivity contribution is 5.76. The molecule has 0 aromatic carbocycles. The van der Waals surface area contributed by atoms with Gasteiger partial charge in [-0.2, -0.15) is 0 Å². The smallest absolute Gasteiger partial charge is 0.242 e. The van der Waals surface area contributed by atoms with Gasteiger partial charge in [0.25, 0.3) is 0 Å². The van der Waals surface area contributed by atoms with Crippen molar-refractivity contribution in [3.63, 3.8) is 0 Å². The molecule has 2 heterocycles. The van der Waals surface area contributed by atoms with Crippen molar-refractivity contribution in [1.29, 1.82) is 0 Å². The summed E-state index contributed by atoms with van der Waals surface area (Å²) in [5, 5.41) is 8.89. The Hall–Kier alpha value is -1.40. The van der Waals surface area contributed by atoms with E-state index in [1.807, 2.05) is 4.90 Å². The van der Waals surface area contributed by atoms with Crippen molar-refractivity contribution in [1.82, 2.24) is 19.4 Å². The van der Waals surface area contributed by atoms with Crippen LogP contribution in [0.1, 0.15) is 5.69 Å². The second kappa shape index (κ2) is 5.29. The largest absolute Gasteiger partial charge is 0.390 e. The molecule has 0 saturated carbocycles. The number of aliphatic hydroxyl groups excluding tert-OH is 1. The number of imidazole rings is 1. The summed E-state index contributed by atoms with van der Waals surface area (Å²) in [6, 6.07) is 0. The highest BCUT2D eigenvalue weighted by Crippen LogP contribution is 2.02. The first-order valence-corrected chi connectivity index (χ1v) is 5.77. The van der Waals surface area contributed by atoms with Crippen molar-refractivity contribution in [3.8, 4) is 0 Å². The summed E-state index contributed by atoms with van der Waals surface area (Å²) in [6.45, 7) is 3.65. The number of carbonyl (C=O) groups excluding carboxylic acids is 1. The van der Waals surface area contributed by atoms with Crippen LogP contribution in [-0.2, 0) is 17.9 Å². The molecule has 1 aliphatic rings. The predicted octanol–water partition coefficient (Wildman–Crippen LogP) is -0.851. The Labute approximate surface area is 100 Å². The van der Waals surface area contributed by atoms with E-state index in [0.717, 1.165) is 26.2 Å². The van der Waals surface area contributed by atoms with E-state index in [1.54, 1.807) is 17.1 Å². The summed E-state index contributed by atoms with van der Waals surface area (Å²) in [5.74, 6) is 0.111. The normalized spacial score (nSPS) is 17.4. The first-order chi connectivity index (χ1) is 8.19. The lowest BCUT2D eigenvalue weighted by Gasteiger charge is -2.32. The Kier molecular flexibility index (Phi) is 3.75. The van der Waals surface area contributed by atoms with Gasteiger partial charge in [0.1, 0.15) is 6.54 Å². The van der Waals surface area contributed by atoms with Crippen LogP contribution in [0.4, 0.5) is 0 Å². The number of likely N-dealkylation sites (N-methyl/N-ethyl adjacent to an activating group) is 1.